The summed E-state index contributed by atoms with van der Waals surface area (Å²) in [5, 5.41) is 2.20. The van der Waals surface area contributed by atoms with Gasteiger partial charge in [0.25, 0.3) is 0 Å². The number of ether oxygens (including phenoxy) is 1. The van der Waals surface area contributed by atoms with E-state index < -0.39 is 17.7 Å². The maximum atomic E-state index is 12.6. The zero-order valence-corrected chi connectivity index (χ0v) is 7.78. The third kappa shape index (κ3) is 1.70. The molecule has 1 aliphatic heterocycles. The Morgan fingerprint density at radius 1 is 1.57 bits per heavy atom. The molecule has 0 bridgehead atoms. The van der Waals surface area contributed by atoms with Gasteiger partial charge < -0.3 is 4.74 Å². The van der Waals surface area contributed by atoms with E-state index >= 15 is 0 Å². The van der Waals surface area contributed by atoms with E-state index in [-0.39, 0.29) is 19.6 Å². The van der Waals surface area contributed by atoms with Crippen molar-refractivity contribution in [1.82, 2.24) is 5.32 Å². The van der Waals surface area contributed by atoms with E-state index in [2.05, 4.69) is 10.1 Å². The van der Waals surface area contributed by atoms with Crippen LogP contribution in [0, 0.1) is 0 Å². The summed E-state index contributed by atoms with van der Waals surface area (Å²) in [7, 11) is 0. The molecule has 6 heteroatoms. The van der Waals surface area contributed by atoms with Gasteiger partial charge in [-0.05, 0) is 26.3 Å². The van der Waals surface area contributed by atoms with Crippen molar-refractivity contribution >= 4 is 5.97 Å². The van der Waals surface area contributed by atoms with Gasteiger partial charge in [0.05, 0.1) is 6.61 Å². The molecule has 1 rings (SSSR count). The molecule has 3 nitrogen and oxygen atoms in total. The number of hydrogen-bond donors (Lipinski definition) is 1. The Balaban J connectivity index is 2.87. The fraction of sp³-hybridized carbons (Fsp3) is 0.875. The van der Waals surface area contributed by atoms with Crippen LogP contribution in [-0.4, -0.2) is 30.8 Å². The summed E-state index contributed by atoms with van der Waals surface area (Å²) in [6.07, 6.45) is -4.50. The molecule has 0 unspecified atom stereocenters. The largest absolute Gasteiger partial charge is 0.464 e. The van der Waals surface area contributed by atoms with Crippen molar-refractivity contribution in [3.63, 3.8) is 0 Å². The van der Waals surface area contributed by atoms with Gasteiger partial charge >= 0.3 is 12.1 Å². The molecule has 82 valence electrons. The smallest absolute Gasteiger partial charge is 0.417 e. The first-order valence-corrected chi connectivity index (χ1v) is 4.43. The summed E-state index contributed by atoms with van der Waals surface area (Å²) in [4.78, 5) is 11.2. The Hall–Kier alpha value is -0.780. The summed E-state index contributed by atoms with van der Waals surface area (Å²) in [5.41, 5.74) is -2.47. The van der Waals surface area contributed by atoms with Gasteiger partial charge in [0.2, 0.25) is 5.54 Å². The minimum Gasteiger partial charge on any atom is -0.464 e. The van der Waals surface area contributed by atoms with Gasteiger partial charge in [0, 0.05) is 0 Å². The number of carbonyl (C=O) groups excluding carboxylic acids is 1. The van der Waals surface area contributed by atoms with Crippen molar-refractivity contribution in [2.75, 3.05) is 13.2 Å². The lowest BCUT2D eigenvalue weighted by atomic mass is 9.97. The van der Waals surface area contributed by atoms with Crippen LogP contribution in [0.4, 0.5) is 13.2 Å². The van der Waals surface area contributed by atoms with E-state index in [0.29, 0.717) is 6.42 Å². The van der Waals surface area contributed by atoms with Crippen LogP contribution in [0.5, 0.6) is 0 Å². The highest BCUT2D eigenvalue weighted by atomic mass is 19.4. The lowest BCUT2D eigenvalue weighted by Crippen LogP contribution is -2.59. The molecule has 1 fully saturated rings. The lowest BCUT2D eigenvalue weighted by Gasteiger charge is -2.29. The van der Waals surface area contributed by atoms with Crippen molar-refractivity contribution in [1.29, 1.82) is 0 Å². The van der Waals surface area contributed by atoms with Gasteiger partial charge in [-0.1, -0.05) is 0 Å². The first kappa shape index (κ1) is 11.3. The van der Waals surface area contributed by atoms with Crippen LogP contribution >= 0.6 is 0 Å². The van der Waals surface area contributed by atoms with Crippen LogP contribution in [0.3, 0.4) is 0 Å². The van der Waals surface area contributed by atoms with Crippen molar-refractivity contribution in [2.45, 2.75) is 31.5 Å². The summed E-state index contributed by atoms with van der Waals surface area (Å²) in [5.74, 6) is -1.22. The minimum atomic E-state index is -4.59. The van der Waals surface area contributed by atoms with E-state index in [1.807, 2.05) is 0 Å². The maximum absolute atomic E-state index is 12.6. The predicted molar refractivity (Wildman–Crippen MR) is 42.7 cm³/mol. The predicted octanol–water partition coefficient (Wildman–Crippen LogP) is 1.23. The molecule has 0 amide bonds. The van der Waals surface area contributed by atoms with Crippen LogP contribution in [0.1, 0.15) is 19.8 Å². The fourth-order valence-electron chi connectivity index (χ4n) is 1.53. The van der Waals surface area contributed by atoms with E-state index in [1.54, 1.807) is 0 Å². The van der Waals surface area contributed by atoms with E-state index in [4.69, 9.17) is 0 Å². The fourth-order valence-corrected chi connectivity index (χ4v) is 1.53. The van der Waals surface area contributed by atoms with E-state index in [1.165, 1.54) is 6.92 Å². The Morgan fingerprint density at radius 3 is 2.57 bits per heavy atom. The highest BCUT2D eigenvalue weighted by Gasteiger charge is 2.62. The number of rotatable bonds is 2. The number of carbonyl (C=O) groups is 1. The van der Waals surface area contributed by atoms with Gasteiger partial charge in [0.15, 0.2) is 0 Å². The van der Waals surface area contributed by atoms with Crippen LogP contribution in [0.25, 0.3) is 0 Å². The van der Waals surface area contributed by atoms with Gasteiger partial charge in [-0.2, -0.15) is 13.2 Å². The van der Waals surface area contributed by atoms with Crippen molar-refractivity contribution in [3.8, 4) is 0 Å². The molecular weight excluding hydrogens is 199 g/mol. The highest BCUT2D eigenvalue weighted by Crippen LogP contribution is 2.37. The van der Waals surface area contributed by atoms with Gasteiger partial charge in [-0.15, -0.1) is 0 Å². The molecule has 0 aromatic rings. The normalized spacial score (nSPS) is 27.7. The molecule has 0 radical (unpaired) electrons. The van der Waals surface area contributed by atoms with Crippen molar-refractivity contribution in [3.05, 3.63) is 0 Å². The zero-order chi connectivity index (χ0) is 10.8. The van der Waals surface area contributed by atoms with Gasteiger partial charge in [-0.3, -0.25) is 5.32 Å². The van der Waals surface area contributed by atoms with E-state index in [0.717, 1.165) is 0 Å². The van der Waals surface area contributed by atoms with Crippen molar-refractivity contribution in [2.24, 2.45) is 0 Å². The average Bonchev–Trinajstić information content (AvgIpc) is 2.51. The second-order valence-electron chi connectivity index (χ2n) is 3.15. The highest BCUT2D eigenvalue weighted by molar-refractivity contribution is 5.82. The quantitative estimate of drug-likeness (QED) is 0.698. The molecule has 0 aromatic carbocycles. The molecule has 0 aliphatic carbocycles. The molecule has 1 aliphatic rings. The lowest BCUT2D eigenvalue weighted by molar-refractivity contribution is -0.209. The Morgan fingerprint density at radius 2 is 2.21 bits per heavy atom. The van der Waals surface area contributed by atoms with Crippen LogP contribution in [-0.2, 0) is 9.53 Å². The number of alkyl halides is 3. The number of hydrogen-bond acceptors (Lipinski definition) is 3. The topological polar surface area (TPSA) is 38.3 Å². The Bertz CT molecular complexity index is 221. The number of nitrogens with one attached hydrogen (secondary N) is 1. The summed E-state index contributed by atoms with van der Waals surface area (Å²) in [6.45, 7) is 1.63. The SMILES string of the molecule is CCOC(=O)[C@@]1(C(F)(F)F)CCCN1. The van der Waals surface area contributed by atoms with Crippen LogP contribution < -0.4 is 5.32 Å². The second kappa shape index (κ2) is 3.76. The van der Waals surface area contributed by atoms with E-state index in [9.17, 15) is 18.0 Å². The summed E-state index contributed by atoms with van der Waals surface area (Å²) >= 11 is 0. The zero-order valence-electron chi connectivity index (χ0n) is 7.78. The molecule has 1 atom stereocenters. The van der Waals surface area contributed by atoms with Crippen molar-refractivity contribution < 1.29 is 22.7 Å². The molecule has 1 N–H and O–H groups in total. The minimum absolute atomic E-state index is 0.0433. The Labute approximate surface area is 79.6 Å². The molecule has 1 heterocycles. The first-order chi connectivity index (χ1) is 6.44. The third-order valence-electron chi connectivity index (χ3n) is 2.26. The third-order valence-corrected chi connectivity index (χ3v) is 2.26. The molecule has 0 saturated carbocycles. The number of esters is 1. The molecule has 0 aromatic heterocycles. The standard InChI is InChI=1S/C8H12F3NO2/c1-2-14-6(13)7(8(9,10)11)4-3-5-12-7/h12H,2-5H2,1H3/t7-/m1/s1. The summed E-state index contributed by atoms with van der Waals surface area (Å²) in [6, 6.07) is 0. The van der Waals surface area contributed by atoms with Gasteiger partial charge in [-0.25, -0.2) is 4.79 Å². The van der Waals surface area contributed by atoms with Gasteiger partial charge in [0.1, 0.15) is 0 Å². The maximum Gasteiger partial charge on any atom is 0.417 e. The number of halogens is 3. The molecule has 0 spiro atoms. The molecule has 14 heavy (non-hydrogen) atoms. The summed E-state index contributed by atoms with van der Waals surface area (Å²) < 4.78 is 42.3. The second-order valence-corrected chi connectivity index (χ2v) is 3.15. The van der Waals surface area contributed by atoms with Crippen LogP contribution in [0.2, 0.25) is 0 Å². The van der Waals surface area contributed by atoms with Crippen LogP contribution in [0.15, 0.2) is 0 Å². The average molecular weight is 211 g/mol. The Kier molecular flexibility index (Phi) is 3.04. The monoisotopic (exact) mass is 211 g/mol. The molecular formula is C8H12F3NO2. The first-order valence-electron chi connectivity index (χ1n) is 4.43. The molecule has 1 saturated heterocycles.